The molecule has 1 aromatic heterocycles. The topological polar surface area (TPSA) is 99.5 Å². The maximum atomic E-state index is 12.2. The van der Waals surface area contributed by atoms with Gasteiger partial charge in [-0.2, -0.15) is 5.10 Å². The lowest BCUT2D eigenvalue weighted by molar-refractivity contribution is -0.123. The SMILES string of the molecule is CCCCn1nc(C(=O)OC(C)C(=O)Nc2ccc(OC)cc2)ccc1=O. The van der Waals surface area contributed by atoms with E-state index in [1.807, 2.05) is 6.92 Å². The Labute approximate surface area is 157 Å². The molecule has 0 aliphatic carbocycles. The largest absolute Gasteiger partial charge is 0.497 e. The molecule has 1 aromatic carbocycles. The highest BCUT2D eigenvalue weighted by Crippen LogP contribution is 2.15. The van der Waals surface area contributed by atoms with Crippen molar-refractivity contribution in [1.29, 1.82) is 0 Å². The molecule has 1 atom stereocenters. The number of anilines is 1. The molecule has 8 nitrogen and oxygen atoms in total. The van der Waals surface area contributed by atoms with E-state index in [0.717, 1.165) is 12.8 Å². The number of carbonyl (C=O) groups excluding carboxylic acids is 2. The number of aryl methyl sites for hydroxylation is 1. The minimum absolute atomic E-state index is 0.0187. The predicted molar refractivity (Wildman–Crippen MR) is 99.9 cm³/mol. The molecule has 1 heterocycles. The van der Waals surface area contributed by atoms with E-state index in [2.05, 4.69) is 10.4 Å². The number of hydrogen-bond donors (Lipinski definition) is 1. The molecule has 0 saturated carbocycles. The number of esters is 1. The van der Waals surface area contributed by atoms with Crippen LogP contribution < -0.4 is 15.6 Å². The Balaban J connectivity index is 1.99. The van der Waals surface area contributed by atoms with Gasteiger partial charge in [0.2, 0.25) is 0 Å². The van der Waals surface area contributed by atoms with E-state index < -0.39 is 18.0 Å². The summed E-state index contributed by atoms with van der Waals surface area (Å²) in [5.74, 6) is -0.581. The average Bonchev–Trinajstić information content (AvgIpc) is 2.67. The first kappa shape index (κ1) is 20.2. The predicted octanol–water partition coefficient (Wildman–Crippen LogP) is 2.24. The van der Waals surface area contributed by atoms with Crippen molar-refractivity contribution in [2.24, 2.45) is 0 Å². The van der Waals surface area contributed by atoms with Crippen LogP contribution in [0.25, 0.3) is 0 Å². The van der Waals surface area contributed by atoms with Gasteiger partial charge in [-0.05, 0) is 43.7 Å². The first-order valence-corrected chi connectivity index (χ1v) is 8.68. The number of amides is 1. The number of aromatic nitrogens is 2. The number of carbonyl (C=O) groups is 2. The molecule has 0 radical (unpaired) electrons. The van der Waals surface area contributed by atoms with E-state index in [9.17, 15) is 14.4 Å². The molecular weight excluding hydrogens is 350 g/mol. The molecular formula is C19H23N3O5. The zero-order valence-corrected chi connectivity index (χ0v) is 15.6. The van der Waals surface area contributed by atoms with Crippen LogP contribution in [0.2, 0.25) is 0 Å². The molecule has 0 aliphatic heterocycles. The summed E-state index contributed by atoms with van der Waals surface area (Å²) < 4.78 is 11.4. The zero-order valence-electron chi connectivity index (χ0n) is 15.6. The fourth-order valence-corrected chi connectivity index (χ4v) is 2.22. The van der Waals surface area contributed by atoms with Crippen LogP contribution in [0.3, 0.4) is 0 Å². The molecule has 0 saturated heterocycles. The number of rotatable bonds is 8. The van der Waals surface area contributed by atoms with Crippen LogP contribution in [0.1, 0.15) is 37.2 Å². The van der Waals surface area contributed by atoms with Crippen LogP contribution in [0.4, 0.5) is 5.69 Å². The van der Waals surface area contributed by atoms with Crippen molar-refractivity contribution in [1.82, 2.24) is 9.78 Å². The standard InChI is InChI=1S/C19H23N3O5/c1-4-5-12-22-17(23)11-10-16(21-22)19(25)27-13(2)18(24)20-14-6-8-15(26-3)9-7-14/h6-11,13H,4-5,12H2,1-3H3,(H,20,24). The summed E-state index contributed by atoms with van der Waals surface area (Å²) >= 11 is 0. The second-order valence-electron chi connectivity index (χ2n) is 5.90. The van der Waals surface area contributed by atoms with Crippen molar-refractivity contribution >= 4 is 17.6 Å². The fraction of sp³-hybridized carbons (Fsp3) is 0.368. The van der Waals surface area contributed by atoms with Gasteiger partial charge in [0.15, 0.2) is 11.8 Å². The third-order valence-corrected chi connectivity index (χ3v) is 3.81. The molecule has 0 aliphatic rings. The van der Waals surface area contributed by atoms with Crippen molar-refractivity contribution in [2.75, 3.05) is 12.4 Å². The van der Waals surface area contributed by atoms with Gasteiger partial charge in [0.05, 0.1) is 7.11 Å². The highest BCUT2D eigenvalue weighted by Gasteiger charge is 2.20. The first-order chi connectivity index (χ1) is 12.9. The van der Waals surface area contributed by atoms with Crippen LogP contribution >= 0.6 is 0 Å². The molecule has 144 valence electrons. The molecule has 0 bridgehead atoms. The molecule has 1 unspecified atom stereocenters. The van der Waals surface area contributed by atoms with Gasteiger partial charge in [-0.3, -0.25) is 9.59 Å². The van der Waals surface area contributed by atoms with Crippen LogP contribution in [0.15, 0.2) is 41.2 Å². The highest BCUT2D eigenvalue weighted by molar-refractivity contribution is 5.96. The summed E-state index contributed by atoms with van der Waals surface area (Å²) in [5.41, 5.74) is 0.245. The van der Waals surface area contributed by atoms with Gasteiger partial charge in [-0.15, -0.1) is 0 Å². The van der Waals surface area contributed by atoms with Gasteiger partial charge in [-0.25, -0.2) is 9.48 Å². The number of ether oxygens (including phenoxy) is 2. The summed E-state index contributed by atoms with van der Waals surface area (Å²) in [6.07, 6.45) is 0.634. The second kappa shape index (κ2) is 9.51. The summed E-state index contributed by atoms with van der Waals surface area (Å²) in [7, 11) is 1.55. The molecule has 8 heteroatoms. The molecule has 1 amide bonds. The molecule has 0 spiro atoms. The van der Waals surface area contributed by atoms with Gasteiger partial charge in [-0.1, -0.05) is 13.3 Å². The summed E-state index contributed by atoms with van der Waals surface area (Å²) in [4.78, 5) is 36.2. The smallest absolute Gasteiger partial charge is 0.359 e. The van der Waals surface area contributed by atoms with E-state index in [4.69, 9.17) is 9.47 Å². The number of nitrogens with zero attached hydrogens (tertiary/aromatic N) is 2. The van der Waals surface area contributed by atoms with Gasteiger partial charge in [0.25, 0.3) is 11.5 Å². The average molecular weight is 373 g/mol. The van der Waals surface area contributed by atoms with E-state index >= 15 is 0 Å². The zero-order chi connectivity index (χ0) is 19.8. The molecule has 0 fully saturated rings. The van der Waals surface area contributed by atoms with E-state index in [-0.39, 0.29) is 11.3 Å². The number of unbranched alkanes of at least 4 members (excludes halogenated alkanes) is 1. The lowest BCUT2D eigenvalue weighted by atomic mass is 10.3. The quantitative estimate of drug-likeness (QED) is 0.713. The normalized spacial score (nSPS) is 11.5. The fourth-order valence-electron chi connectivity index (χ4n) is 2.22. The Morgan fingerprint density at radius 3 is 2.52 bits per heavy atom. The van der Waals surface area contributed by atoms with Crippen molar-refractivity contribution < 1.29 is 19.1 Å². The first-order valence-electron chi connectivity index (χ1n) is 8.68. The Bertz CT molecular complexity index is 845. The van der Waals surface area contributed by atoms with Crippen LogP contribution in [-0.2, 0) is 16.1 Å². The lowest BCUT2D eigenvalue weighted by Gasteiger charge is -2.14. The second-order valence-corrected chi connectivity index (χ2v) is 5.90. The third kappa shape index (κ3) is 5.67. The number of hydrogen-bond acceptors (Lipinski definition) is 6. The Morgan fingerprint density at radius 1 is 1.19 bits per heavy atom. The summed E-state index contributed by atoms with van der Waals surface area (Å²) in [6.45, 7) is 3.88. The molecule has 2 rings (SSSR count). The van der Waals surface area contributed by atoms with Crippen molar-refractivity contribution in [3.8, 4) is 5.75 Å². The van der Waals surface area contributed by atoms with Crippen molar-refractivity contribution in [3.63, 3.8) is 0 Å². The minimum atomic E-state index is -1.03. The Hall–Kier alpha value is -3.16. The lowest BCUT2D eigenvalue weighted by Crippen LogP contribution is -2.31. The van der Waals surface area contributed by atoms with Crippen molar-refractivity contribution in [2.45, 2.75) is 39.3 Å². The van der Waals surface area contributed by atoms with Crippen molar-refractivity contribution in [3.05, 3.63) is 52.4 Å². The number of methoxy groups -OCH3 is 1. The van der Waals surface area contributed by atoms with Crippen LogP contribution in [-0.4, -0.2) is 34.9 Å². The van der Waals surface area contributed by atoms with E-state index in [0.29, 0.717) is 18.0 Å². The molecule has 1 N–H and O–H groups in total. The summed E-state index contributed by atoms with van der Waals surface area (Å²) in [5, 5.41) is 6.66. The Morgan fingerprint density at radius 2 is 1.89 bits per heavy atom. The maximum Gasteiger partial charge on any atom is 0.359 e. The van der Waals surface area contributed by atoms with Gasteiger partial charge in [0, 0.05) is 18.3 Å². The monoisotopic (exact) mass is 373 g/mol. The number of nitrogens with one attached hydrogen (secondary N) is 1. The Kier molecular flexibility index (Phi) is 7.10. The van der Waals surface area contributed by atoms with Gasteiger partial charge >= 0.3 is 5.97 Å². The van der Waals surface area contributed by atoms with Crippen LogP contribution in [0, 0.1) is 0 Å². The van der Waals surface area contributed by atoms with Gasteiger partial charge in [0.1, 0.15) is 5.75 Å². The number of benzene rings is 1. The highest BCUT2D eigenvalue weighted by atomic mass is 16.5. The molecule has 2 aromatic rings. The van der Waals surface area contributed by atoms with E-state index in [1.54, 1.807) is 31.4 Å². The minimum Gasteiger partial charge on any atom is -0.497 e. The van der Waals surface area contributed by atoms with E-state index in [1.165, 1.54) is 23.7 Å². The van der Waals surface area contributed by atoms with Crippen LogP contribution in [0.5, 0.6) is 5.75 Å². The third-order valence-electron chi connectivity index (χ3n) is 3.81. The summed E-state index contributed by atoms with van der Waals surface area (Å²) in [6, 6.07) is 9.32. The maximum absolute atomic E-state index is 12.2. The molecule has 27 heavy (non-hydrogen) atoms. The van der Waals surface area contributed by atoms with Gasteiger partial charge < -0.3 is 14.8 Å².